The summed E-state index contributed by atoms with van der Waals surface area (Å²) in [4.78, 5) is 16.0. The molecule has 6 nitrogen and oxygen atoms in total. The fourth-order valence-corrected chi connectivity index (χ4v) is 5.13. The zero-order valence-electron chi connectivity index (χ0n) is 17.2. The van der Waals surface area contributed by atoms with Crippen molar-refractivity contribution in [3.8, 4) is 11.1 Å². The summed E-state index contributed by atoms with van der Waals surface area (Å²) in [6, 6.07) is 12.8. The van der Waals surface area contributed by atoms with E-state index in [0.29, 0.717) is 19.4 Å². The monoisotopic (exact) mass is 449 g/mol. The molecule has 2 amide bonds. The van der Waals surface area contributed by atoms with Crippen LogP contribution in [0.2, 0.25) is 0 Å². The smallest absolute Gasteiger partial charge is 0.320 e. The van der Waals surface area contributed by atoms with E-state index in [0.717, 1.165) is 22.9 Å². The van der Waals surface area contributed by atoms with Crippen molar-refractivity contribution < 1.29 is 22.0 Å². The lowest BCUT2D eigenvalue weighted by molar-refractivity contribution is 0.0648. The first-order valence-corrected chi connectivity index (χ1v) is 12.1. The van der Waals surface area contributed by atoms with Crippen LogP contribution in [0.4, 0.5) is 13.6 Å². The first-order valence-electron chi connectivity index (χ1n) is 10.2. The molecule has 0 saturated carbocycles. The summed E-state index contributed by atoms with van der Waals surface area (Å²) in [5.41, 5.74) is 2.48. The van der Waals surface area contributed by atoms with E-state index in [-0.39, 0.29) is 24.9 Å². The highest BCUT2D eigenvalue weighted by molar-refractivity contribution is 7.88. The first kappa shape index (κ1) is 21.7. The maximum atomic E-state index is 13.6. The first-order chi connectivity index (χ1) is 14.7. The maximum Gasteiger partial charge on any atom is 0.320 e. The molecule has 4 rings (SSSR count). The Bertz CT molecular complexity index is 1070. The van der Waals surface area contributed by atoms with Crippen LogP contribution in [0.25, 0.3) is 11.1 Å². The van der Waals surface area contributed by atoms with E-state index < -0.39 is 28.3 Å². The number of hydrogen-bond acceptors (Lipinski definition) is 3. The summed E-state index contributed by atoms with van der Waals surface area (Å²) in [6.45, 7) is 0.538. The van der Waals surface area contributed by atoms with Gasteiger partial charge in [-0.15, -0.1) is 0 Å². The summed E-state index contributed by atoms with van der Waals surface area (Å²) in [5.74, 6) is -0.325. The second-order valence-electron chi connectivity index (χ2n) is 8.25. The van der Waals surface area contributed by atoms with Gasteiger partial charge in [-0.05, 0) is 41.7 Å². The van der Waals surface area contributed by atoms with Crippen LogP contribution in [-0.4, -0.2) is 68.4 Å². The molecule has 2 heterocycles. The minimum Gasteiger partial charge on any atom is -0.320 e. The standard InChI is InChI=1S/C22H25F2N3O3S/c1-31(29,30)25-20-8-9-27(22(28)26-13-19(24)14-26)21(20)11-15-4-2-5-16(10-15)17-6-3-7-18(23)12-17/h2-7,10,12,19-21,25H,8-9,11,13-14H2,1H3/t20?,21-/m0/s1. The van der Waals surface area contributed by atoms with Gasteiger partial charge in [0.1, 0.15) is 12.0 Å². The summed E-state index contributed by atoms with van der Waals surface area (Å²) >= 11 is 0. The Balaban J connectivity index is 1.58. The number of urea groups is 1. The largest absolute Gasteiger partial charge is 0.320 e. The molecule has 2 aromatic carbocycles. The number of alkyl halides is 1. The highest BCUT2D eigenvalue weighted by atomic mass is 32.2. The van der Waals surface area contributed by atoms with Gasteiger partial charge in [0.05, 0.1) is 25.4 Å². The average Bonchev–Trinajstić information content (AvgIpc) is 3.06. The fourth-order valence-electron chi connectivity index (χ4n) is 4.31. The Labute approximate surface area is 180 Å². The molecule has 31 heavy (non-hydrogen) atoms. The van der Waals surface area contributed by atoms with Gasteiger partial charge < -0.3 is 9.80 Å². The molecule has 0 radical (unpaired) electrons. The lowest BCUT2D eigenvalue weighted by atomic mass is 9.97. The summed E-state index contributed by atoms with van der Waals surface area (Å²) in [7, 11) is -3.46. The predicted octanol–water partition coefficient (Wildman–Crippen LogP) is 2.80. The summed E-state index contributed by atoms with van der Waals surface area (Å²) in [6.07, 6.45) is 1.01. The highest BCUT2D eigenvalue weighted by Crippen LogP contribution is 2.28. The predicted molar refractivity (Wildman–Crippen MR) is 114 cm³/mol. The van der Waals surface area contributed by atoms with Crippen molar-refractivity contribution in [3.05, 3.63) is 59.9 Å². The van der Waals surface area contributed by atoms with E-state index in [1.165, 1.54) is 17.0 Å². The third kappa shape index (κ3) is 5.04. The third-order valence-corrected chi connectivity index (χ3v) is 6.53. The van der Waals surface area contributed by atoms with Gasteiger partial charge in [0, 0.05) is 12.6 Å². The fraction of sp³-hybridized carbons (Fsp3) is 0.409. The number of rotatable bonds is 5. The number of hydrogen-bond donors (Lipinski definition) is 1. The van der Waals surface area contributed by atoms with E-state index in [1.807, 2.05) is 30.3 Å². The van der Waals surface area contributed by atoms with Gasteiger partial charge in [-0.2, -0.15) is 0 Å². The summed E-state index contributed by atoms with van der Waals surface area (Å²) in [5, 5.41) is 0. The number of carbonyl (C=O) groups excluding carboxylic acids is 1. The molecule has 0 bridgehead atoms. The number of nitrogens with one attached hydrogen (secondary N) is 1. The van der Waals surface area contributed by atoms with Gasteiger partial charge in [0.15, 0.2) is 0 Å². The van der Waals surface area contributed by atoms with Crippen LogP contribution in [0.1, 0.15) is 12.0 Å². The molecule has 0 spiro atoms. The minimum absolute atomic E-state index is 0.0707. The number of likely N-dealkylation sites (tertiary alicyclic amines) is 2. The Hall–Kier alpha value is -2.52. The van der Waals surface area contributed by atoms with E-state index in [9.17, 15) is 22.0 Å². The zero-order valence-corrected chi connectivity index (χ0v) is 18.0. The molecule has 0 aliphatic carbocycles. The molecule has 2 atom stereocenters. The SMILES string of the molecule is CS(=O)(=O)NC1CCN(C(=O)N2CC(F)C2)[C@H]1Cc1cccc(-c2cccc(F)c2)c1. The van der Waals surface area contributed by atoms with Gasteiger partial charge in [0.2, 0.25) is 10.0 Å². The van der Waals surface area contributed by atoms with Crippen molar-refractivity contribution in [3.63, 3.8) is 0 Å². The molecule has 1 unspecified atom stereocenters. The highest BCUT2D eigenvalue weighted by Gasteiger charge is 2.42. The molecule has 1 N–H and O–H groups in total. The number of amides is 2. The van der Waals surface area contributed by atoms with Crippen LogP contribution in [0.3, 0.4) is 0 Å². The zero-order chi connectivity index (χ0) is 22.2. The van der Waals surface area contributed by atoms with Gasteiger partial charge in [-0.3, -0.25) is 0 Å². The van der Waals surface area contributed by atoms with Crippen LogP contribution in [0.15, 0.2) is 48.5 Å². The minimum atomic E-state index is -3.46. The molecule has 2 aliphatic heterocycles. The Morgan fingerprint density at radius 1 is 1.13 bits per heavy atom. The number of nitrogens with zero attached hydrogens (tertiary/aromatic N) is 2. The lowest BCUT2D eigenvalue weighted by Crippen LogP contribution is -2.58. The maximum absolute atomic E-state index is 13.6. The molecule has 166 valence electrons. The average molecular weight is 450 g/mol. The van der Waals surface area contributed by atoms with Gasteiger partial charge in [-0.25, -0.2) is 26.7 Å². The van der Waals surface area contributed by atoms with Crippen LogP contribution in [0, 0.1) is 5.82 Å². The lowest BCUT2D eigenvalue weighted by Gasteiger charge is -2.39. The van der Waals surface area contributed by atoms with Gasteiger partial charge >= 0.3 is 6.03 Å². The molecule has 2 saturated heterocycles. The molecule has 2 fully saturated rings. The van der Waals surface area contributed by atoms with Crippen LogP contribution in [-0.2, 0) is 16.4 Å². The van der Waals surface area contributed by atoms with Gasteiger partial charge in [0.25, 0.3) is 0 Å². The van der Waals surface area contributed by atoms with E-state index in [4.69, 9.17) is 0 Å². The number of benzene rings is 2. The van der Waals surface area contributed by atoms with E-state index in [1.54, 1.807) is 11.0 Å². The second-order valence-corrected chi connectivity index (χ2v) is 10.0. The van der Waals surface area contributed by atoms with Crippen LogP contribution < -0.4 is 4.72 Å². The van der Waals surface area contributed by atoms with Crippen molar-refractivity contribution in [2.24, 2.45) is 0 Å². The Morgan fingerprint density at radius 2 is 1.81 bits per heavy atom. The summed E-state index contributed by atoms with van der Waals surface area (Å²) < 4.78 is 53.3. The molecule has 2 aliphatic rings. The van der Waals surface area contributed by atoms with Crippen LogP contribution in [0.5, 0.6) is 0 Å². The Morgan fingerprint density at radius 3 is 2.45 bits per heavy atom. The third-order valence-electron chi connectivity index (χ3n) is 5.79. The molecular weight excluding hydrogens is 424 g/mol. The van der Waals surface area contributed by atoms with Crippen molar-refractivity contribution in [1.29, 1.82) is 0 Å². The molecule has 2 aromatic rings. The molecular formula is C22H25F2N3O3S. The topological polar surface area (TPSA) is 69.7 Å². The van der Waals surface area contributed by atoms with Crippen molar-refractivity contribution >= 4 is 16.1 Å². The Kier molecular flexibility index (Phi) is 5.98. The number of carbonyl (C=O) groups is 1. The van der Waals surface area contributed by atoms with Crippen LogP contribution >= 0.6 is 0 Å². The van der Waals surface area contributed by atoms with Gasteiger partial charge in [-0.1, -0.05) is 36.4 Å². The van der Waals surface area contributed by atoms with Crippen molar-refractivity contribution in [1.82, 2.24) is 14.5 Å². The van der Waals surface area contributed by atoms with Crippen molar-refractivity contribution in [2.75, 3.05) is 25.9 Å². The van der Waals surface area contributed by atoms with E-state index in [2.05, 4.69) is 4.72 Å². The normalized spacial score (nSPS) is 21.9. The van der Waals surface area contributed by atoms with Crippen molar-refractivity contribution in [2.45, 2.75) is 31.1 Å². The van der Waals surface area contributed by atoms with E-state index >= 15 is 0 Å². The second kappa shape index (κ2) is 8.55. The molecule has 0 aromatic heterocycles. The molecule has 9 heteroatoms. The number of sulfonamides is 1. The quantitative estimate of drug-likeness (QED) is 0.763. The number of halogens is 2.